The lowest BCUT2D eigenvalue weighted by Gasteiger charge is -2.14. The van der Waals surface area contributed by atoms with E-state index in [-0.39, 0.29) is 17.7 Å². The second-order valence-corrected chi connectivity index (χ2v) is 9.30. The highest BCUT2D eigenvalue weighted by atomic mass is 32.2. The zero-order valence-electron chi connectivity index (χ0n) is 15.7. The first kappa shape index (κ1) is 20.2. The summed E-state index contributed by atoms with van der Waals surface area (Å²) >= 11 is 2.70. The second-order valence-electron chi connectivity index (χ2n) is 7.25. The SMILES string of the molecule is CC(C)(C)c1csc(-c2ccc(C=NN=C3NC(=O)C(CC(=O)O)S3)cc2)n1. The van der Waals surface area contributed by atoms with Crippen LogP contribution >= 0.6 is 23.1 Å². The molecule has 1 aromatic carbocycles. The first-order valence-corrected chi connectivity index (χ1v) is 10.3. The van der Waals surface area contributed by atoms with E-state index in [1.807, 2.05) is 24.3 Å². The van der Waals surface area contributed by atoms with Gasteiger partial charge in [-0.25, -0.2) is 4.98 Å². The standard InChI is InChI=1S/C19H20N4O3S2/c1-19(2,3)14-10-27-17(21-14)12-6-4-11(5-7-12)9-20-23-18-22-16(26)13(28-18)8-15(24)25/h4-7,9-10,13H,8H2,1-3H3,(H,24,25)(H,22,23,26). The van der Waals surface area contributed by atoms with Crippen LogP contribution in [0.15, 0.2) is 39.8 Å². The molecule has 3 rings (SSSR count). The molecule has 28 heavy (non-hydrogen) atoms. The minimum absolute atomic E-state index is 0.0255. The summed E-state index contributed by atoms with van der Waals surface area (Å²) < 4.78 is 0. The van der Waals surface area contributed by atoms with Gasteiger partial charge in [0, 0.05) is 16.4 Å². The molecule has 0 aliphatic carbocycles. The topological polar surface area (TPSA) is 104 Å². The molecule has 1 saturated heterocycles. The molecule has 1 aromatic heterocycles. The van der Waals surface area contributed by atoms with Crippen LogP contribution in [0.3, 0.4) is 0 Å². The van der Waals surface area contributed by atoms with E-state index in [0.717, 1.165) is 33.6 Å². The lowest BCUT2D eigenvalue weighted by molar-refractivity contribution is -0.138. The van der Waals surface area contributed by atoms with Crippen LogP contribution in [-0.4, -0.2) is 38.6 Å². The maximum absolute atomic E-state index is 11.7. The molecule has 146 valence electrons. The molecule has 9 heteroatoms. The minimum atomic E-state index is -1.02. The van der Waals surface area contributed by atoms with E-state index < -0.39 is 11.2 Å². The van der Waals surface area contributed by atoms with Crippen LogP contribution in [0.25, 0.3) is 10.6 Å². The van der Waals surface area contributed by atoms with Crippen LogP contribution in [0, 0.1) is 0 Å². The van der Waals surface area contributed by atoms with Crippen LogP contribution in [-0.2, 0) is 15.0 Å². The first-order valence-electron chi connectivity index (χ1n) is 8.59. The highest BCUT2D eigenvalue weighted by Crippen LogP contribution is 2.29. The van der Waals surface area contributed by atoms with Crippen molar-refractivity contribution in [1.29, 1.82) is 0 Å². The zero-order valence-corrected chi connectivity index (χ0v) is 17.3. The Bertz CT molecular complexity index is 943. The highest BCUT2D eigenvalue weighted by molar-refractivity contribution is 8.15. The second kappa shape index (κ2) is 8.24. The van der Waals surface area contributed by atoms with E-state index in [2.05, 4.69) is 41.7 Å². The highest BCUT2D eigenvalue weighted by Gasteiger charge is 2.32. The van der Waals surface area contributed by atoms with Gasteiger partial charge in [-0.1, -0.05) is 56.8 Å². The van der Waals surface area contributed by atoms with Gasteiger partial charge in [-0.3, -0.25) is 9.59 Å². The lowest BCUT2D eigenvalue weighted by atomic mass is 9.93. The Balaban J connectivity index is 1.64. The zero-order chi connectivity index (χ0) is 20.3. The van der Waals surface area contributed by atoms with Gasteiger partial charge in [0.2, 0.25) is 5.91 Å². The van der Waals surface area contributed by atoms with Crippen LogP contribution in [0.5, 0.6) is 0 Å². The number of carbonyl (C=O) groups excluding carboxylic acids is 1. The van der Waals surface area contributed by atoms with Gasteiger partial charge in [0.05, 0.1) is 18.3 Å². The summed E-state index contributed by atoms with van der Waals surface area (Å²) in [6.45, 7) is 6.42. The van der Waals surface area contributed by atoms with Crippen molar-refractivity contribution in [3.8, 4) is 10.6 Å². The van der Waals surface area contributed by atoms with Gasteiger partial charge in [0.25, 0.3) is 0 Å². The number of carboxylic acids is 1. The number of nitrogens with one attached hydrogen (secondary N) is 1. The minimum Gasteiger partial charge on any atom is -0.481 e. The number of carbonyl (C=O) groups is 2. The predicted molar refractivity (Wildman–Crippen MR) is 113 cm³/mol. The lowest BCUT2D eigenvalue weighted by Crippen LogP contribution is -2.26. The van der Waals surface area contributed by atoms with Crippen LogP contribution in [0.4, 0.5) is 0 Å². The molecule has 2 N–H and O–H groups in total. The van der Waals surface area contributed by atoms with Gasteiger partial charge < -0.3 is 10.4 Å². The summed E-state index contributed by atoms with van der Waals surface area (Å²) in [5, 5.41) is 21.9. The molecule has 1 aliphatic rings. The number of hydrogen-bond donors (Lipinski definition) is 2. The number of aromatic nitrogens is 1. The number of benzene rings is 1. The maximum atomic E-state index is 11.7. The molecule has 2 aromatic rings. The van der Waals surface area contributed by atoms with E-state index in [0.29, 0.717) is 5.17 Å². The summed E-state index contributed by atoms with van der Waals surface area (Å²) in [5.41, 5.74) is 3.00. The van der Waals surface area contributed by atoms with Gasteiger partial charge in [-0.2, -0.15) is 5.10 Å². The molecule has 0 radical (unpaired) electrons. The fourth-order valence-corrected chi connectivity index (χ4v) is 4.32. The van der Waals surface area contributed by atoms with Crippen molar-refractivity contribution in [2.75, 3.05) is 0 Å². The average molecular weight is 417 g/mol. The monoisotopic (exact) mass is 416 g/mol. The third-order valence-electron chi connectivity index (χ3n) is 3.92. The Morgan fingerprint density at radius 1 is 1.32 bits per heavy atom. The molecule has 1 fully saturated rings. The van der Waals surface area contributed by atoms with E-state index >= 15 is 0 Å². The Morgan fingerprint density at radius 3 is 2.64 bits per heavy atom. The molecular weight excluding hydrogens is 396 g/mol. The predicted octanol–water partition coefficient (Wildman–Crippen LogP) is 3.50. The number of thioether (sulfide) groups is 1. The van der Waals surface area contributed by atoms with Crippen molar-refractivity contribution in [1.82, 2.24) is 10.3 Å². The van der Waals surface area contributed by atoms with Crippen LogP contribution in [0.2, 0.25) is 0 Å². The van der Waals surface area contributed by atoms with Crippen LogP contribution < -0.4 is 5.32 Å². The van der Waals surface area contributed by atoms with Gasteiger partial charge >= 0.3 is 5.97 Å². The number of thiazole rings is 1. The number of amides is 1. The Hall–Kier alpha value is -2.52. The first-order chi connectivity index (χ1) is 13.2. The van der Waals surface area contributed by atoms with Crippen molar-refractivity contribution >= 4 is 46.4 Å². The molecule has 1 atom stereocenters. The summed E-state index contributed by atoms with van der Waals surface area (Å²) in [4.78, 5) is 27.1. The molecule has 0 bridgehead atoms. The van der Waals surface area contributed by atoms with Gasteiger partial charge in [0.1, 0.15) is 10.3 Å². The summed E-state index contributed by atoms with van der Waals surface area (Å²) in [6, 6.07) is 7.80. The van der Waals surface area contributed by atoms with Crippen molar-refractivity contribution in [2.45, 2.75) is 37.9 Å². The van der Waals surface area contributed by atoms with Crippen molar-refractivity contribution in [3.63, 3.8) is 0 Å². The van der Waals surface area contributed by atoms with Crippen molar-refractivity contribution in [3.05, 3.63) is 40.9 Å². The molecule has 0 saturated carbocycles. The quantitative estimate of drug-likeness (QED) is 0.573. The molecule has 0 spiro atoms. The number of carboxylic acid groups (broad SMARTS) is 1. The summed E-state index contributed by atoms with van der Waals surface area (Å²) in [6.07, 6.45) is 1.34. The van der Waals surface area contributed by atoms with E-state index in [9.17, 15) is 9.59 Å². The largest absolute Gasteiger partial charge is 0.481 e. The van der Waals surface area contributed by atoms with E-state index in [1.165, 1.54) is 0 Å². The molecule has 1 amide bonds. The van der Waals surface area contributed by atoms with E-state index in [1.54, 1.807) is 17.6 Å². The van der Waals surface area contributed by atoms with E-state index in [4.69, 9.17) is 10.1 Å². The molecule has 2 heterocycles. The molecule has 7 nitrogen and oxygen atoms in total. The van der Waals surface area contributed by atoms with Gasteiger partial charge in [0.15, 0.2) is 5.17 Å². The third kappa shape index (κ3) is 5.05. The molecule has 1 aliphatic heterocycles. The fourth-order valence-electron chi connectivity index (χ4n) is 2.36. The van der Waals surface area contributed by atoms with Crippen LogP contribution in [0.1, 0.15) is 38.4 Å². The fraction of sp³-hybridized carbons (Fsp3) is 0.316. The van der Waals surface area contributed by atoms with Gasteiger partial charge in [-0.05, 0) is 5.56 Å². The average Bonchev–Trinajstić information content (AvgIpc) is 3.23. The van der Waals surface area contributed by atoms with Crippen molar-refractivity contribution < 1.29 is 14.7 Å². The number of rotatable bonds is 5. The number of hydrogen-bond acceptors (Lipinski definition) is 7. The molecule has 1 unspecified atom stereocenters. The Labute approximate surface area is 171 Å². The smallest absolute Gasteiger partial charge is 0.305 e. The maximum Gasteiger partial charge on any atom is 0.305 e. The number of nitrogens with zero attached hydrogens (tertiary/aromatic N) is 3. The number of aliphatic carboxylic acids is 1. The van der Waals surface area contributed by atoms with Crippen molar-refractivity contribution in [2.24, 2.45) is 10.2 Å². The Kier molecular flexibility index (Phi) is 5.95. The summed E-state index contributed by atoms with van der Waals surface area (Å²) in [7, 11) is 0. The Morgan fingerprint density at radius 2 is 2.04 bits per heavy atom. The molecular formula is C19H20N4O3S2. The van der Waals surface area contributed by atoms with Gasteiger partial charge in [-0.15, -0.1) is 16.4 Å². The third-order valence-corrected chi connectivity index (χ3v) is 5.89. The normalized spacial score (nSPS) is 18.8. The number of amidine groups is 1. The summed E-state index contributed by atoms with van der Waals surface area (Å²) in [5.74, 6) is -1.38.